The van der Waals surface area contributed by atoms with Gasteiger partial charge in [0.2, 0.25) is 11.9 Å². The second-order valence-electron chi connectivity index (χ2n) is 5.33. The van der Waals surface area contributed by atoms with E-state index in [2.05, 4.69) is 15.3 Å². The number of carbonyl (C=O) groups excluding carboxylic acids is 1. The fraction of sp³-hybridized carbons (Fsp3) is 0.333. The number of aromatic carboxylic acids is 1. The van der Waals surface area contributed by atoms with Crippen LogP contribution in [0.25, 0.3) is 0 Å². The maximum atomic E-state index is 12.1. The summed E-state index contributed by atoms with van der Waals surface area (Å²) in [5, 5.41) is 21.1. The van der Waals surface area contributed by atoms with Gasteiger partial charge in [0.25, 0.3) is 0 Å². The van der Waals surface area contributed by atoms with Gasteiger partial charge in [0.15, 0.2) is 0 Å². The van der Waals surface area contributed by atoms with Crippen molar-refractivity contribution in [1.82, 2.24) is 5.32 Å². The number of hydrogen-bond acceptors (Lipinski definition) is 4. The molecule has 7 nitrogen and oxygen atoms in total. The summed E-state index contributed by atoms with van der Waals surface area (Å²) in [5.74, 6) is -1.68. The van der Waals surface area contributed by atoms with Crippen LogP contribution in [0.1, 0.15) is 36.0 Å². The molecule has 0 aromatic heterocycles. The predicted octanol–water partition coefficient (Wildman–Crippen LogP) is 1.84. The number of fused-ring (bicyclic) bond motifs is 1. The number of hydrogen-bond donors (Lipinski definition) is 3. The molecule has 1 atom stereocenters. The van der Waals surface area contributed by atoms with Crippen molar-refractivity contribution in [3.05, 3.63) is 23.8 Å². The molecule has 1 aliphatic heterocycles. The van der Waals surface area contributed by atoms with E-state index >= 15 is 0 Å². The zero-order chi connectivity index (χ0) is 15.7. The number of aromatic hydroxyl groups is 1. The number of nitrogens with one attached hydrogen (secondary N) is 1. The van der Waals surface area contributed by atoms with Crippen LogP contribution < -0.4 is 5.32 Å². The van der Waals surface area contributed by atoms with Crippen LogP contribution in [0, 0.1) is 5.92 Å². The Bertz CT molecular complexity index is 709. The van der Waals surface area contributed by atoms with Gasteiger partial charge in [-0.25, -0.2) is 14.8 Å². The normalized spacial score (nSPS) is 22.7. The average molecular weight is 301 g/mol. The molecule has 0 saturated heterocycles. The Morgan fingerprint density at radius 1 is 1.36 bits per heavy atom. The number of carboxylic acid groups (broad SMARTS) is 1. The van der Waals surface area contributed by atoms with Gasteiger partial charge in [-0.3, -0.25) is 10.1 Å². The van der Waals surface area contributed by atoms with Crippen molar-refractivity contribution in [2.75, 3.05) is 0 Å². The first kappa shape index (κ1) is 14.2. The Morgan fingerprint density at radius 3 is 2.95 bits per heavy atom. The maximum absolute atomic E-state index is 12.1. The first-order chi connectivity index (χ1) is 10.5. The minimum absolute atomic E-state index is 0.110. The van der Waals surface area contributed by atoms with Gasteiger partial charge < -0.3 is 10.2 Å². The van der Waals surface area contributed by atoms with Gasteiger partial charge >= 0.3 is 5.97 Å². The summed E-state index contributed by atoms with van der Waals surface area (Å²) in [6.07, 6.45) is 3.62. The van der Waals surface area contributed by atoms with E-state index in [0.717, 1.165) is 31.4 Å². The molecule has 1 amide bonds. The van der Waals surface area contributed by atoms with Crippen LogP contribution in [0.15, 0.2) is 28.2 Å². The van der Waals surface area contributed by atoms with E-state index in [1.165, 1.54) is 18.2 Å². The van der Waals surface area contributed by atoms with Crippen molar-refractivity contribution in [1.29, 1.82) is 0 Å². The molecule has 1 saturated carbocycles. The number of phenols is 1. The molecule has 0 radical (unpaired) electrons. The molecule has 1 unspecified atom stereocenters. The first-order valence-corrected chi connectivity index (χ1v) is 7.08. The molecule has 1 heterocycles. The number of guanidine groups is 1. The minimum Gasteiger partial charge on any atom is -0.507 e. The highest BCUT2D eigenvalue weighted by molar-refractivity contribution is 6.18. The van der Waals surface area contributed by atoms with E-state index in [9.17, 15) is 14.7 Å². The highest BCUT2D eigenvalue weighted by Gasteiger charge is 2.31. The number of aliphatic imine (C=N–C) groups is 2. The van der Waals surface area contributed by atoms with Crippen LogP contribution in [-0.4, -0.2) is 33.8 Å². The lowest BCUT2D eigenvalue weighted by atomic mass is 9.86. The number of carbonyl (C=O) groups is 2. The van der Waals surface area contributed by atoms with Crippen molar-refractivity contribution in [2.24, 2.45) is 15.9 Å². The Kier molecular flexibility index (Phi) is 3.62. The fourth-order valence-electron chi connectivity index (χ4n) is 2.71. The van der Waals surface area contributed by atoms with E-state index in [-0.39, 0.29) is 29.1 Å². The predicted molar refractivity (Wildman–Crippen MR) is 79.7 cm³/mol. The number of rotatable bonds is 2. The summed E-state index contributed by atoms with van der Waals surface area (Å²) in [6, 6.07) is 3.96. The second-order valence-corrected chi connectivity index (χ2v) is 5.33. The molecule has 22 heavy (non-hydrogen) atoms. The van der Waals surface area contributed by atoms with Crippen LogP contribution in [0.2, 0.25) is 0 Å². The molecule has 1 aromatic carbocycles. The Labute approximate surface area is 126 Å². The summed E-state index contributed by atoms with van der Waals surface area (Å²) in [4.78, 5) is 31.6. The zero-order valence-electron chi connectivity index (χ0n) is 11.7. The van der Waals surface area contributed by atoms with Crippen molar-refractivity contribution in [3.63, 3.8) is 0 Å². The molecular weight excluding hydrogens is 286 g/mol. The largest absolute Gasteiger partial charge is 0.507 e. The van der Waals surface area contributed by atoms with Gasteiger partial charge in [0, 0.05) is 5.71 Å². The number of benzene rings is 1. The number of amides is 1. The summed E-state index contributed by atoms with van der Waals surface area (Å²) in [5.41, 5.74) is 0.905. The number of carboxylic acids is 1. The maximum Gasteiger partial charge on any atom is 0.339 e. The Balaban J connectivity index is 1.94. The molecule has 114 valence electrons. The molecule has 3 N–H and O–H groups in total. The van der Waals surface area contributed by atoms with Crippen molar-refractivity contribution >= 4 is 29.2 Å². The molecular formula is C15H15N3O4. The Hall–Kier alpha value is -2.70. The smallest absolute Gasteiger partial charge is 0.339 e. The van der Waals surface area contributed by atoms with Gasteiger partial charge in [-0.2, -0.15) is 0 Å². The molecule has 1 aliphatic carbocycles. The average Bonchev–Trinajstić information content (AvgIpc) is 2.49. The van der Waals surface area contributed by atoms with Gasteiger partial charge in [0.1, 0.15) is 11.3 Å². The van der Waals surface area contributed by atoms with Gasteiger partial charge in [0.05, 0.1) is 11.6 Å². The van der Waals surface area contributed by atoms with Crippen LogP contribution in [0.4, 0.5) is 5.69 Å². The van der Waals surface area contributed by atoms with Gasteiger partial charge in [-0.15, -0.1) is 0 Å². The monoisotopic (exact) mass is 301 g/mol. The summed E-state index contributed by atoms with van der Waals surface area (Å²) in [7, 11) is 0. The second kappa shape index (κ2) is 5.59. The summed E-state index contributed by atoms with van der Waals surface area (Å²) < 4.78 is 0. The van der Waals surface area contributed by atoms with E-state index < -0.39 is 5.97 Å². The van der Waals surface area contributed by atoms with E-state index in [4.69, 9.17) is 5.11 Å². The SMILES string of the molecule is O=C(O)c1cc(N=C2N=C3CCCCC3C(=O)N2)ccc1O. The molecule has 2 aliphatic rings. The quantitative estimate of drug-likeness (QED) is 0.773. The first-order valence-electron chi connectivity index (χ1n) is 7.08. The van der Waals surface area contributed by atoms with E-state index in [1.54, 1.807) is 0 Å². The fourth-order valence-corrected chi connectivity index (χ4v) is 2.71. The van der Waals surface area contributed by atoms with Crippen LogP contribution in [0.5, 0.6) is 5.75 Å². The lowest BCUT2D eigenvalue weighted by molar-refractivity contribution is -0.122. The van der Waals surface area contributed by atoms with Gasteiger partial charge in [-0.1, -0.05) is 6.42 Å². The molecule has 3 rings (SSSR count). The molecule has 0 bridgehead atoms. The third-order valence-corrected chi connectivity index (χ3v) is 3.82. The lowest BCUT2D eigenvalue weighted by Crippen LogP contribution is -2.44. The summed E-state index contributed by atoms with van der Waals surface area (Å²) in [6.45, 7) is 0. The Morgan fingerprint density at radius 2 is 2.18 bits per heavy atom. The topological polar surface area (TPSA) is 111 Å². The van der Waals surface area contributed by atoms with E-state index in [1.807, 2.05) is 0 Å². The minimum atomic E-state index is -1.24. The lowest BCUT2D eigenvalue weighted by Gasteiger charge is -2.27. The van der Waals surface area contributed by atoms with Crippen molar-refractivity contribution in [2.45, 2.75) is 25.7 Å². The third kappa shape index (κ3) is 2.69. The highest BCUT2D eigenvalue weighted by Crippen LogP contribution is 2.26. The molecule has 1 aromatic rings. The van der Waals surface area contributed by atoms with Crippen LogP contribution in [0.3, 0.4) is 0 Å². The number of nitrogens with zero attached hydrogens (tertiary/aromatic N) is 2. The zero-order valence-corrected chi connectivity index (χ0v) is 11.7. The molecule has 1 fully saturated rings. The van der Waals surface area contributed by atoms with Crippen LogP contribution in [-0.2, 0) is 4.79 Å². The van der Waals surface area contributed by atoms with Crippen molar-refractivity contribution < 1.29 is 19.8 Å². The van der Waals surface area contributed by atoms with Crippen LogP contribution >= 0.6 is 0 Å². The third-order valence-electron chi connectivity index (χ3n) is 3.82. The van der Waals surface area contributed by atoms with Gasteiger partial charge in [-0.05, 0) is 37.5 Å². The standard InChI is InChI=1S/C15H15N3O4/c19-12-6-5-8(7-10(12)14(21)22)16-15-17-11-4-2-1-3-9(11)13(20)18-15/h5-7,9,19H,1-4H2,(H,21,22)(H,16,18,20). The summed E-state index contributed by atoms with van der Waals surface area (Å²) >= 11 is 0. The molecule has 0 spiro atoms. The van der Waals surface area contributed by atoms with Crippen molar-refractivity contribution in [3.8, 4) is 5.75 Å². The molecule has 7 heteroatoms. The van der Waals surface area contributed by atoms with E-state index in [0.29, 0.717) is 5.69 Å². The highest BCUT2D eigenvalue weighted by atomic mass is 16.4.